The molecule has 0 unspecified atom stereocenters. The van der Waals surface area contributed by atoms with E-state index in [1.54, 1.807) is 35.0 Å². The maximum atomic E-state index is 12.5. The zero-order valence-corrected chi connectivity index (χ0v) is 16.1. The van der Waals surface area contributed by atoms with E-state index in [0.717, 1.165) is 16.9 Å². The number of fused-ring (bicyclic) bond motifs is 1. The van der Waals surface area contributed by atoms with Crippen LogP contribution in [0.25, 0.3) is 5.69 Å². The summed E-state index contributed by atoms with van der Waals surface area (Å²) in [5, 5.41) is 10.0. The molecule has 2 N–H and O–H groups in total. The van der Waals surface area contributed by atoms with Crippen molar-refractivity contribution in [1.29, 1.82) is 0 Å². The summed E-state index contributed by atoms with van der Waals surface area (Å²) in [6.07, 6.45) is 0. The predicted octanol–water partition coefficient (Wildman–Crippen LogP) is 2.80. The molecule has 0 atom stereocenters. The number of aryl methyl sites for hydroxylation is 1. The molecule has 0 fully saturated rings. The monoisotopic (exact) mass is 392 g/mol. The molecule has 0 bridgehead atoms. The van der Waals surface area contributed by atoms with Gasteiger partial charge in [0.15, 0.2) is 11.5 Å². The van der Waals surface area contributed by atoms with E-state index in [-0.39, 0.29) is 18.6 Å². The van der Waals surface area contributed by atoms with Crippen LogP contribution in [0.5, 0.6) is 11.5 Å². The van der Waals surface area contributed by atoms with E-state index >= 15 is 0 Å². The largest absolute Gasteiger partial charge is 0.454 e. The molecule has 2 amide bonds. The molecule has 1 aliphatic rings. The molecule has 1 aromatic heterocycles. The van der Waals surface area contributed by atoms with Crippen LogP contribution >= 0.6 is 0 Å². The topological polar surface area (TPSA) is 94.5 Å². The van der Waals surface area contributed by atoms with Crippen molar-refractivity contribution in [2.45, 2.75) is 20.4 Å². The summed E-state index contributed by atoms with van der Waals surface area (Å²) >= 11 is 0. The first-order valence-electron chi connectivity index (χ1n) is 9.11. The summed E-state index contributed by atoms with van der Waals surface area (Å²) in [5.74, 6) is 1.61. The van der Waals surface area contributed by atoms with E-state index in [4.69, 9.17) is 9.47 Å². The third kappa shape index (κ3) is 4.06. The molecular formula is C21H20N4O4. The predicted molar refractivity (Wildman–Crippen MR) is 106 cm³/mol. The first-order chi connectivity index (χ1) is 14.0. The Hall–Kier alpha value is -3.81. The number of rotatable bonds is 5. The zero-order valence-electron chi connectivity index (χ0n) is 16.1. The zero-order chi connectivity index (χ0) is 20.4. The van der Waals surface area contributed by atoms with Crippen LogP contribution in [0.4, 0.5) is 5.82 Å². The van der Waals surface area contributed by atoms with Crippen molar-refractivity contribution in [3.63, 3.8) is 0 Å². The normalized spacial score (nSPS) is 11.9. The molecule has 4 rings (SSSR count). The summed E-state index contributed by atoms with van der Waals surface area (Å²) in [4.78, 5) is 23.9. The lowest BCUT2D eigenvalue weighted by Crippen LogP contribution is -2.22. The van der Waals surface area contributed by atoms with Gasteiger partial charge in [0.25, 0.3) is 5.91 Å². The van der Waals surface area contributed by atoms with Gasteiger partial charge in [-0.15, -0.1) is 0 Å². The van der Waals surface area contributed by atoms with E-state index in [0.29, 0.717) is 29.4 Å². The summed E-state index contributed by atoms with van der Waals surface area (Å²) in [7, 11) is 0. The van der Waals surface area contributed by atoms with Gasteiger partial charge in [0.05, 0.1) is 11.4 Å². The fraction of sp³-hybridized carbons (Fsp3) is 0.190. The number of hydrogen-bond acceptors (Lipinski definition) is 5. The third-order valence-electron chi connectivity index (χ3n) is 4.40. The Morgan fingerprint density at radius 2 is 1.83 bits per heavy atom. The Balaban J connectivity index is 1.44. The molecule has 148 valence electrons. The van der Waals surface area contributed by atoms with E-state index in [1.807, 2.05) is 25.1 Å². The van der Waals surface area contributed by atoms with E-state index in [2.05, 4.69) is 15.7 Å². The number of nitrogens with one attached hydrogen (secondary N) is 2. The second kappa shape index (κ2) is 7.67. The lowest BCUT2D eigenvalue weighted by Gasteiger charge is -2.09. The second-order valence-electron chi connectivity index (χ2n) is 6.68. The van der Waals surface area contributed by atoms with Crippen molar-refractivity contribution in [3.05, 3.63) is 65.4 Å². The average Bonchev–Trinajstić information content (AvgIpc) is 3.31. The number of anilines is 1. The number of amides is 2. The van der Waals surface area contributed by atoms with Gasteiger partial charge in [0.2, 0.25) is 12.7 Å². The van der Waals surface area contributed by atoms with Gasteiger partial charge in [-0.05, 0) is 48.9 Å². The quantitative estimate of drug-likeness (QED) is 0.696. The first kappa shape index (κ1) is 18.5. The van der Waals surface area contributed by atoms with Crippen molar-refractivity contribution >= 4 is 17.6 Å². The molecule has 29 heavy (non-hydrogen) atoms. The van der Waals surface area contributed by atoms with Gasteiger partial charge in [-0.3, -0.25) is 9.59 Å². The SMILES string of the molecule is CC(=O)Nc1cc(C)nn1-c1ccc(C(=O)NCc2ccc3c(c2)OCO3)cc1. The average molecular weight is 392 g/mol. The molecule has 8 heteroatoms. The fourth-order valence-corrected chi connectivity index (χ4v) is 3.06. The van der Waals surface area contributed by atoms with Gasteiger partial charge >= 0.3 is 0 Å². The number of ether oxygens (including phenoxy) is 2. The highest BCUT2D eigenvalue weighted by Crippen LogP contribution is 2.32. The molecule has 2 heterocycles. The maximum Gasteiger partial charge on any atom is 0.251 e. The van der Waals surface area contributed by atoms with Crippen LogP contribution in [0.1, 0.15) is 28.5 Å². The van der Waals surface area contributed by atoms with Crippen LogP contribution in [-0.4, -0.2) is 28.4 Å². The number of carbonyl (C=O) groups excluding carboxylic acids is 2. The van der Waals surface area contributed by atoms with Gasteiger partial charge in [-0.2, -0.15) is 5.10 Å². The molecule has 0 radical (unpaired) electrons. The van der Waals surface area contributed by atoms with Crippen molar-refractivity contribution in [1.82, 2.24) is 15.1 Å². The van der Waals surface area contributed by atoms with Crippen LogP contribution in [0.2, 0.25) is 0 Å². The molecule has 0 saturated heterocycles. The highest BCUT2D eigenvalue weighted by molar-refractivity contribution is 5.94. The second-order valence-corrected chi connectivity index (χ2v) is 6.68. The van der Waals surface area contributed by atoms with Gasteiger partial charge in [-0.25, -0.2) is 4.68 Å². The molecule has 0 saturated carbocycles. The fourth-order valence-electron chi connectivity index (χ4n) is 3.06. The summed E-state index contributed by atoms with van der Waals surface area (Å²) in [6.45, 7) is 3.89. The lowest BCUT2D eigenvalue weighted by atomic mass is 10.1. The highest BCUT2D eigenvalue weighted by Gasteiger charge is 2.14. The van der Waals surface area contributed by atoms with Crippen LogP contribution in [0.3, 0.4) is 0 Å². The number of nitrogens with zero attached hydrogens (tertiary/aromatic N) is 2. The van der Waals surface area contributed by atoms with Gasteiger partial charge in [0, 0.05) is 25.1 Å². The molecule has 3 aromatic rings. The van der Waals surface area contributed by atoms with Crippen molar-refractivity contribution in [2.75, 3.05) is 12.1 Å². The molecule has 0 aliphatic carbocycles. The summed E-state index contributed by atoms with van der Waals surface area (Å²) in [5.41, 5.74) is 2.97. The van der Waals surface area contributed by atoms with Crippen LogP contribution in [0, 0.1) is 6.92 Å². The Labute approximate surface area is 167 Å². The summed E-state index contributed by atoms with van der Waals surface area (Å²) in [6, 6.07) is 14.4. The minimum absolute atomic E-state index is 0.175. The molecule has 1 aliphatic heterocycles. The van der Waals surface area contributed by atoms with Crippen molar-refractivity contribution < 1.29 is 19.1 Å². The third-order valence-corrected chi connectivity index (χ3v) is 4.40. The Morgan fingerprint density at radius 1 is 1.07 bits per heavy atom. The first-order valence-corrected chi connectivity index (χ1v) is 9.11. The molecular weight excluding hydrogens is 372 g/mol. The Morgan fingerprint density at radius 3 is 2.59 bits per heavy atom. The number of carbonyl (C=O) groups is 2. The van der Waals surface area contributed by atoms with Crippen LogP contribution < -0.4 is 20.1 Å². The Kier molecular flexibility index (Phi) is 4.90. The van der Waals surface area contributed by atoms with E-state index in [1.165, 1.54) is 6.92 Å². The molecule has 0 spiro atoms. The molecule has 8 nitrogen and oxygen atoms in total. The number of hydrogen-bond donors (Lipinski definition) is 2. The van der Waals surface area contributed by atoms with Crippen molar-refractivity contribution in [2.24, 2.45) is 0 Å². The van der Waals surface area contributed by atoms with E-state index in [9.17, 15) is 9.59 Å². The van der Waals surface area contributed by atoms with Gasteiger partial charge < -0.3 is 20.1 Å². The summed E-state index contributed by atoms with van der Waals surface area (Å²) < 4.78 is 12.3. The standard InChI is InChI=1S/C21H20N4O4/c1-13-9-20(23-14(2)26)25(24-13)17-6-4-16(5-7-17)21(27)22-11-15-3-8-18-19(10-15)29-12-28-18/h3-10H,11-12H2,1-2H3,(H,22,27)(H,23,26). The van der Waals surface area contributed by atoms with Crippen molar-refractivity contribution in [3.8, 4) is 17.2 Å². The minimum atomic E-state index is -0.187. The number of aromatic nitrogens is 2. The maximum absolute atomic E-state index is 12.5. The highest BCUT2D eigenvalue weighted by atomic mass is 16.7. The van der Waals surface area contributed by atoms with Crippen LogP contribution in [0.15, 0.2) is 48.5 Å². The van der Waals surface area contributed by atoms with E-state index < -0.39 is 0 Å². The van der Waals surface area contributed by atoms with Gasteiger partial charge in [0.1, 0.15) is 5.82 Å². The minimum Gasteiger partial charge on any atom is -0.454 e. The van der Waals surface area contributed by atoms with Crippen LogP contribution in [-0.2, 0) is 11.3 Å². The number of benzene rings is 2. The smallest absolute Gasteiger partial charge is 0.251 e. The Bertz CT molecular complexity index is 1070. The van der Waals surface area contributed by atoms with Gasteiger partial charge in [-0.1, -0.05) is 6.07 Å². The lowest BCUT2D eigenvalue weighted by molar-refractivity contribution is -0.114. The molecule has 2 aromatic carbocycles.